The van der Waals surface area contributed by atoms with E-state index < -0.39 is 11.6 Å². The Morgan fingerprint density at radius 3 is 2.60 bits per heavy atom. The monoisotopic (exact) mass is 279 g/mol. The van der Waals surface area contributed by atoms with E-state index in [1.807, 2.05) is 12.1 Å². The Balaban J connectivity index is 2.13. The lowest BCUT2D eigenvalue weighted by Gasteiger charge is -2.11. The van der Waals surface area contributed by atoms with Crippen LogP contribution in [-0.2, 0) is 13.2 Å². The summed E-state index contributed by atoms with van der Waals surface area (Å²) in [6.45, 7) is 0.477. The maximum absolute atomic E-state index is 13.4. The van der Waals surface area contributed by atoms with Crippen molar-refractivity contribution in [1.29, 1.82) is 0 Å². The number of methoxy groups -OCH3 is 1. The molecule has 0 saturated heterocycles. The maximum Gasteiger partial charge on any atom is 0.200 e. The Hall–Kier alpha value is -2.14. The summed E-state index contributed by atoms with van der Waals surface area (Å²) < 4.78 is 36.9. The van der Waals surface area contributed by atoms with Crippen molar-refractivity contribution >= 4 is 0 Å². The van der Waals surface area contributed by atoms with Crippen molar-refractivity contribution in [3.63, 3.8) is 0 Å². The third-order valence-electron chi connectivity index (χ3n) is 2.88. The van der Waals surface area contributed by atoms with Gasteiger partial charge in [-0.05, 0) is 23.8 Å². The third-order valence-corrected chi connectivity index (χ3v) is 2.88. The van der Waals surface area contributed by atoms with Crippen LogP contribution in [0, 0.1) is 11.6 Å². The minimum atomic E-state index is -0.988. The molecule has 5 heteroatoms. The molecule has 3 nitrogen and oxygen atoms in total. The lowest BCUT2D eigenvalue weighted by Crippen LogP contribution is -2.03. The molecule has 20 heavy (non-hydrogen) atoms. The summed E-state index contributed by atoms with van der Waals surface area (Å²) in [7, 11) is 1.55. The minimum Gasteiger partial charge on any atom is -0.496 e. The van der Waals surface area contributed by atoms with Crippen molar-refractivity contribution in [2.45, 2.75) is 13.2 Å². The number of benzene rings is 2. The molecule has 0 aliphatic heterocycles. The van der Waals surface area contributed by atoms with E-state index in [0.717, 1.165) is 17.2 Å². The van der Waals surface area contributed by atoms with Crippen LogP contribution >= 0.6 is 0 Å². The highest BCUT2D eigenvalue weighted by molar-refractivity contribution is 5.37. The van der Waals surface area contributed by atoms with Gasteiger partial charge >= 0.3 is 0 Å². The van der Waals surface area contributed by atoms with Gasteiger partial charge < -0.3 is 15.2 Å². The Morgan fingerprint density at radius 2 is 1.90 bits per heavy atom. The molecule has 0 aliphatic carbocycles. The van der Waals surface area contributed by atoms with Gasteiger partial charge in [-0.2, -0.15) is 4.39 Å². The van der Waals surface area contributed by atoms with Crippen LogP contribution in [0.25, 0.3) is 0 Å². The predicted octanol–water partition coefficient (Wildman–Crippen LogP) is 3.01. The molecule has 0 unspecified atom stereocenters. The Labute approximate surface area is 115 Å². The predicted molar refractivity (Wildman–Crippen MR) is 71.6 cm³/mol. The van der Waals surface area contributed by atoms with Crippen molar-refractivity contribution in [3.05, 3.63) is 59.2 Å². The summed E-state index contributed by atoms with van der Waals surface area (Å²) in [5.74, 6) is -1.39. The molecule has 0 fully saturated rings. The van der Waals surface area contributed by atoms with Gasteiger partial charge in [-0.3, -0.25) is 0 Å². The van der Waals surface area contributed by atoms with Crippen molar-refractivity contribution in [1.82, 2.24) is 0 Å². The van der Waals surface area contributed by atoms with E-state index in [4.69, 9.17) is 15.2 Å². The van der Waals surface area contributed by atoms with Gasteiger partial charge in [0, 0.05) is 12.1 Å². The first-order valence-electron chi connectivity index (χ1n) is 6.08. The molecule has 0 heterocycles. The van der Waals surface area contributed by atoms with Gasteiger partial charge in [-0.25, -0.2) is 4.39 Å². The highest BCUT2D eigenvalue weighted by Gasteiger charge is 2.09. The number of ether oxygens (including phenoxy) is 2. The van der Waals surface area contributed by atoms with E-state index in [2.05, 4.69) is 0 Å². The van der Waals surface area contributed by atoms with Gasteiger partial charge in [0.15, 0.2) is 11.6 Å². The average molecular weight is 279 g/mol. The van der Waals surface area contributed by atoms with Crippen LogP contribution in [-0.4, -0.2) is 7.11 Å². The van der Waals surface area contributed by atoms with Crippen LogP contribution in [0.3, 0.4) is 0 Å². The van der Waals surface area contributed by atoms with Gasteiger partial charge in [0.05, 0.1) is 7.11 Å². The van der Waals surface area contributed by atoms with Gasteiger partial charge in [-0.15, -0.1) is 0 Å². The zero-order valence-corrected chi connectivity index (χ0v) is 11.0. The normalized spacial score (nSPS) is 10.4. The van der Waals surface area contributed by atoms with E-state index in [0.29, 0.717) is 12.3 Å². The fraction of sp³-hybridized carbons (Fsp3) is 0.200. The van der Waals surface area contributed by atoms with Gasteiger partial charge in [0.25, 0.3) is 0 Å². The van der Waals surface area contributed by atoms with Crippen molar-refractivity contribution < 1.29 is 18.3 Å². The molecule has 2 N–H and O–H groups in total. The van der Waals surface area contributed by atoms with Gasteiger partial charge in [0.2, 0.25) is 5.82 Å². The van der Waals surface area contributed by atoms with Crippen molar-refractivity contribution in [2.24, 2.45) is 5.73 Å². The van der Waals surface area contributed by atoms with E-state index in [1.54, 1.807) is 13.2 Å². The van der Waals surface area contributed by atoms with Gasteiger partial charge in [0.1, 0.15) is 12.4 Å². The molecular formula is C15H15F2NO2. The third kappa shape index (κ3) is 3.05. The minimum absolute atomic E-state index is 0.113. The molecule has 2 rings (SSSR count). The summed E-state index contributed by atoms with van der Waals surface area (Å²) >= 11 is 0. The largest absolute Gasteiger partial charge is 0.496 e. The molecular weight excluding hydrogens is 264 g/mol. The molecule has 0 radical (unpaired) electrons. The van der Waals surface area contributed by atoms with Crippen molar-refractivity contribution in [3.8, 4) is 11.5 Å². The molecule has 0 aliphatic rings. The second kappa shape index (κ2) is 6.34. The SMILES string of the molecule is COc1cc(COc2cccc(F)c2F)ccc1CN. The molecule has 0 amide bonds. The molecule has 0 bridgehead atoms. The van der Waals surface area contributed by atoms with E-state index in [-0.39, 0.29) is 12.4 Å². The van der Waals surface area contributed by atoms with E-state index in [1.165, 1.54) is 12.1 Å². The zero-order chi connectivity index (χ0) is 14.5. The van der Waals surface area contributed by atoms with Crippen LogP contribution in [0.4, 0.5) is 8.78 Å². The Morgan fingerprint density at radius 1 is 1.10 bits per heavy atom. The number of hydrogen-bond donors (Lipinski definition) is 1. The maximum atomic E-state index is 13.4. The summed E-state index contributed by atoms with van der Waals surface area (Å²) in [5.41, 5.74) is 7.22. The second-order valence-corrected chi connectivity index (χ2v) is 4.19. The molecule has 0 saturated carbocycles. The first-order valence-corrected chi connectivity index (χ1v) is 6.08. The fourth-order valence-electron chi connectivity index (χ4n) is 1.80. The highest BCUT2D eigenvalue weighted by atomic mass is 19.2. The lowest BCUT2D eigenvalue weighted by atomic mass is 10.1. The summed E-state index contributed by atoms with van der Waals surface area (Å²) in [6.07, 6.45) is 0. The van der Waals surface area contributed by atoms with Crippen LogP contribution < -0.4 is 15.2 Å². The number of rotatable bonds is 5. The van der Waals surface area contributed by atoms with Gasteiger partial charge in [-0.1, -0.05) is 18.2 Å². The molecule has 0 spiro atoms. The average Bonchev–Trinajstić information content (AvgIpc) is 2.48. The standard InChI is InChI=1S/C15H15F2NO2/c1-19-14-7-10(5-6-11(14)8-18)9-20-13-4-2-3-12(16)15(13)17/h2-7H,8-9,18H2,1H3. The molecule has 2 aromatic rings. The molecule has 106 valence electrons. The molecule has 0 aromatic heterocycles. The zero-order valence-electron chi connectivity index (χ0n) is 11.0. The molecule has 2 aromatic carbocycles. The smallest absolute Gasteiger partial charge is 0.200 e. The Bertz CT molecular complexity index is 602. The lowest BCUT2D eigenvalue weighted by molar-refractivity contribution is 0.284. The summed E-state index contributed by atoms with van der Waals surface area (Å²) in [5, 5.41) is 0. The molecule has 0 atom stereocenters. The summed E-state index contributed by atoms with van der Waals surface area (Å²) in [6, 6.07) is 9.21. The number of nitrogens with two attached hydrogens (primary N) is 1. The highest BCUT2D eigenvalue weighted by Crippen LogP contribution is 2.23. The van der Waals surface area contributed by atoms with Crippen LogP contribution in [0.5, 0.6) is 11.5 Å². The fourth-order valence-corrected chi connectivity index (χ4v) is 1.80. The first kappa shape index (κ1) is 14.3. The van der Waals surface area contributed by atoms with Crippen molar-refractivity contribution in [2.75, 3.05) is 7.11 Å². The second-order valence-electron chi connectivity index (χ2n) is 4.19. The van der Waals surface area contributed by atoms with E-state index >= 15 is 0 Å². The topological polar surface area (TPSA) is 44.5 Å². The Kier molecular flexibility index (Phi) is 4.53. The summed E-state index contributed by atoms with van der Waals surface area (Å²) in [4.78, 5) is 0. The first-order chi connectivity index (χ1) is 9.65. The van der Waals surface area contributed by atoms with Crippen LogP contribution in [0.1, 0.15) is 11.1 Å². The van der Waals surface area contributed by atoms with E-state index in [9.17, 15) is 8.78 Å². The van der Waals surface area contributed by atoms with Crippen LogP contribution in [0.2, 0.25) is 0 Å². The number of hydrogen-bond acceptors (Lipinski definition) is 3. The van der Waals surface area contributed by atoms with Crippen LogP contribution in [0.15, 0.2) is 36.4 Å². The quantitative estimate of drug-likeness (QED) is 0.915. The number of halogens is 2.